The third-order valence-corrected chi connectivity index (χ3v) is 3.20. The van der Waals surface area contributed by atoms with E-state index < -0.39 is 0 Å². The average molecular weight is 264 g/mol. The number of anilines is 1. The maximum Gasteiger partial charge on any atom is 0.161 e. The van der Waals surface area contributed by atoms with Crippen LogP contribution in [0.4, 0.5) is 5.82 Å². The van der Waals surface area contributed by atoms with Crippen LogP contribution in [0, 0.1) is 13.8 Å². The molecule has 1 N–H and O–H groups in total. The van der Waals surface area contributed by atoms with Crippen LogP contribution in [0.15, 0.2) is 36.4 Å². The van der Waals surface area contributed by atoms with E-state index in [1.165, 1.54) is 0 Å². The Kier molecular flexibility index (Phi) is 3.06. The van der Waals surface area contributed by atoms with Crippen molar-refractivity contribution in [3.63, 3.8) is 0 Å². The lowest BCUT2D eigenvalue weighted by molar-refractivity contribution is 1.11. The summed E-state index contributed by atoms with van der Waals surface area (Å²) in [6, 6.07) is 12.1. The second kappa shape index (κ2) is 4.89. The average Bonchev–Trinajstić information content (AvgIpc) is 2.46. The predicted octanol–water partition coefficient (Wildman–Crippen LogP) is 3.35. The molecule has 4 heteroatoms. The quantitative estimate of drug-likeness (QED) is 0.771. The first-order valence-corrected chi connectivity index (χ1v) is 6.57. The molecular formula is C16H16N4. The zero-order chi connectivity index (χ0) is 14.1. The maximum absolute atomic E-state index is 4.51. The van der Waals surface area contributed by atoms with E-state index in [9.17, 15) is 0 Å². The fraction of sp³-hybridized carbons (Fsp3) is 0.188. The maximum atomic E-state index is 4.51. The summed E-state index contributed by atoms with van der Waals surface area (Å²) >= 11 is 0. The minimum absolute atomic E-state index is 0.733. The highest BCUT2D eigenvalue weighted by Crippen LogP contribution is 2.22. The van der Waals surface area contributed by atoms with Crippen molar-refractivity contribution < 1.29 is 0 Å². The second-order valence-electron chi connectivity index (χ2n) is 4.83. The minimum atomic E-state index is 0.733. The molecule has 0 fully saturated rings. The molecule has 0 aliphatic rings. The number of fused-ring (bicyclic) bond motifs is 1. The largest absolute Gasteiger partial charge is 0.373 e. The van der Waals surface area contributed by atoms with E-state index in [2.05, 4.69) is 32.4 Å². The molecule has 2 aromatic heterocycles. The molecule has 100 valence electrons. The summed E-state index contributed by atoms with van der Waals surface area (Å²) < 4.78 is 0. The number of hydrogen-bond donors (Lipinski definition) is 1. The summed E-state index contributed by atoms with van der Waals surface area (Å²) in [6.45, 7) is 3.97. The van der Waals surface area contributed by atoms with Crippen LogP contribution >= 0.6 is 0 Å². The number of nitrogens with one attached hydrogen (secondary N) is 1. The molecule has 0 saturated heterocycles. The number of nitrogens with zero attached hydrogens (tertiary/aromatic N) is 3. The molecule has 0 spiro atoms. The Morgan fingerprint density at radius 1 is 0.850 bits per heavy atom. The van der Waals surface area contributed by atoms with E-state index in [4.69, 9.17) is 0 Å². The van der Waals surface area contributed by atoms with Gasteiger partial charge in [0.05, 0.1) is 5.52 Å². The van der Waals surface area contributed by atoms with E-state index in [1.54, 1.807) is 0 Å². The number of aryl methyl sites for hydroxylation is 2. The molecule has 3 rings (SSSR count). The summed E-state index contributed by atoms with van der Waals surface area (Å²) in [4.78, 5) is 13.5. The van der Waals surface area contributed by atoms with Gasteiger partial charge in [-0.05, 0) is 38.1 Å². The van der Waals surface area contributed by atoms with Crippen molar-refractivity contribution in [1.29, 1.82) is 0 Å². The van der Waals surface area contributed by atoms with Gasteiger partial charge in [0.25, 0.3) is 0 Å². The molecule has 4 nitrogen and oxygen atoms in total. The fourth-order valence-corrected chi connectivity index (χ4v) is 2.19. The lowest BCUT2D eigenvalue weighted by atomic mass is 10.1. The van der Waals surface area contributed by atoms with Crippen LogP contribution in [0.5, 0.6) is 0 Å². The molecule has 0 bridgehead atoms. The summed E-state index contributed by atoms with van der Waals surface area (Å²) in [7, 11) is 1.86. The van der Waals surface area contributed by atoms with E-state index in [1.807, 2.05) is 45.2 Å². The molecule has 20 heavy (non-hydrogen) atoms. The van der Waals surface area contributed by atoms with Gasteiger partial charge in [0, 0.05) is 35.5 Å². The van der Waals surface area contributed by atoms with Gasteiger partial charge in [-0.25, -0.2) is 9.97 Å². The van der Waals surface area contributed by atoms with Gasteiger partial charge in [0.15, 0.2) is 5.82 Å². The molecule has 0 unspecified atom stereocenters. The van der Waals surface area contributed by atoms with Crippen molar-refractivity contribution in [3.05, 3.63) is 47.8 Å². The highest BCUT2D eigenvalue weighted by atomic mass is 15.0. The van der Waals surface area contributed by atoms with E-state index in [-0.39, 0.29) is 0 Å². The Hall–Kier alpha value is -2.49. The highest BCUT2D eigenvalue weighted by Gasteiger charge is 2.06. The van der Waals surface area contributed by atoms with Gasteiger partial charge in [-0.1, -0.05) is 6.07 Å². The molecular weight excluding hydrogens is 248 g/mol. The van der Waals surface area contributed by atoms with Crippen LogP contribution in [0.1, 0.15) is 11.4 Å². The first-order valence-electron chi connectivity index (χ1n) is 6.57. The predicted molar refractivity (Wildman–Crippen MR) is 81.8 cm³/mol. The van der Waals surface area contributed by atoms with Crippen LogP contribution in [0.2, 0.25) is 0 Å². The van der Waals surface area contributed by atoms with Gasteiger partial charge in [-0.3, -0.25) is 4.98 Å². The fourth-order valence-electron chi connectivity index (χ4n) is 2.19. The van der Waals surface area contributed by atoms with Crippen molar-refractivity contribution in [2.75, 3.05) is 12.4 Å². The number of benzene rings is 1. The molecule has 0 aliphatic carbocycles. The summed E-state index contributed by atoms with van der Waals surface area (Å²) in [5.74, 6) is 1.56. The van der Waals surface area contributed by atoms with E-state index in [0.29, 0.717) is 0 Å². The van der Waals surface area contributed by atoms with Crippen molar-refractivity contribution in [2.45, 2.75) is 13.8 Å². The Labute approximate surface area is 117 Å². The van der Waals surface area contributed by atoms with Crippen LogP contribution in [0.25, 0.3) is 22.3 Å². The Morgan fingerprint density at radius 3 is 2.50 bits per heavy atom. The summed E-state index contributed by atoms with van der Waals surface area (Å²) in [5.41, 5.74) is 3.97. The molecule has 0 amide bonds. The SMILES string of the molecule is CNc1cc(C)nc(-c2ccc3nc(C)ccc3c2)n1. The summed E-state index contributed by atoms with van der Waals surface area (Å²) in [6.07, 6.45) is 0. The topological polar surface area (TPSA) is 50.7 Å². The van der Waals surface area contributed by atoms with E-state index >= 15 is 0 Å². The van der Waals surface area contributed by atoms with Gasteiger partial charge in [0.2, 0.25) is 0 Å². The molecule has 0 aliphatic heterocycles. The van der Waals surface area contributed by atoms with Gasteiger partial charge in [0.1, 0.15) is 5.82 Å². The Balaban J connectivity index is 2.14. The van der Waals surface area contributed by atoms with Crippen LogP contribution in [-0.4, -0.2) is 22.0 Å². The van der Waals surface area contributed by atoms with Gasteiger partial charge in [-0.15, -0.1) is 0 Å². The molecule has 0 saturated carbocycles. The highest BCUT2D eigenvalue weighted by molar-refractivity contribution is 5.83. The first kappa shape index (κ1) is 12.5. The number of pyridine rings is 1. The second-order valence-corrected chi connectivity index (χ2v) is 4.83. The standard InChI is InChI=1S/C16H16N4/c1-10-4-5-12-9-13(6-7-14(12)18-10)16-19-11(2)8-15(17-3)20-16/h4-9H,1-3H3,(H,17,19,20). The van der Waals surface area contributed by atoms with E-state index in [0.717, 1.165) is 39.5 Å². The Bertz CT molecular complexity index is 781. The van der Waals surface area contributed by atoms with Crippen LogP contribution in [0.3, 0.4) is 0 Å². The third kappa shape index (κ3) is 2.32. The van der Waals surface area contributed by atoms with Crippen LogP contribution in [-0.2, 0) is 0 Å². The minimum Gasteiger partial charge on any atom is -0.373 e. The van der Waals surface area contributed by atoms with Gasteiger partial charge in [-0.2, -0.15) is 0 Å². The number of aromatic nitrogens is 3. The van der Waals surface area contributed by atoms with Crippen molar-refractivity contribution in [1.82, 2.24) is 15.0 Å². The first-order chi connectivity index (χ1) is 9.65. The molecule has 0 atom stereocenters. The normalized spacial score (nSPS) is 10.8. The van der Waals surface area contributed by atoms with Gasteiger partial charge >= 0.3 is 0 Å². The third-order valence-electron chi connectivity index (χ3n) is 3.20. The van der Waals surface area contributed by atoms with Crippen molar-refractivity contribution in [2.24, 2.45) is 0 Å². The number of hydrogen-bond acceptors (Lipinski definition) is 4. The monoisotopic (exact) mass is 264 g/mol. The Morgan fingerprint density at radius 2 is 1.70 bits per heavy atom. The molecule has 1 aromatic carbocycles. The van der Waals surface area contributed by atoms with Crippen molar-refractivity contribution in [3.8, 4) is 11.4 Å². The lowest BCUT2D eigenvalue weighted by Gasteiger charge is -2.06. The zero-order valence-electron chi connectivity index (χ0n) is 11.8. The molecule has 3 aromatic rings. The summed E-state index contributed by atoms with van der Waals surface area (Å²) in [5, 5.41) is 4.16. The van der Waals surface area contributed by atoms with Gasteiger partial charge < -0.3 is 5.32 Å². The molecule has 2 heterocycles. The number of rotatable bonds is 2. The van der Waals surface area contributed by atoms with Crippen LogP contribution < -0.4 is 5.32 Å². The smallest absolute Gasteiger partial charge is 0.161 e. The lowest BCUT2D eigenvalue weighted by Crippen LogP contribution is -1.98. The van der Waals surface area contributed by atoms with Crippen molar-refractivity contribution >= 4 is 16.7 Å². The zero-order valence-corrected chi connectivity index (χ0v) is 11.8. The molecule has 0 radical (unpaired) electrons.